The van der Waals surface area contributed by atoms with E-state index in [1.807, 2.05) is 0 Å². The van der Waals surface area contributed by atoms with Crippen LogP contribution in [0.4, 0.5) is 5.69 Å². The van der Waals surface area contributed by atoms with Crippen LogP contribution in [0.25, 0.3) is 0 Å². The summed E-state index contributed by atoms with van der Waals surface area (Å²) in [5.41, 5.74) is 0.626. The summed E-state index contributed by atoms with van der Waals surface area (Å²) >= 11 is 0. The predicted octanol–water partition coefficient (Wildman–Crippen LogP) is -0.221. The third-order valence-electron chi connectivity index (χ3n) is 3.17. The number of hydrogen-bond acceptors (Lipinski definition) is 5. The van der Waals surface area contributed by atoms with E-state index in [-0.39, 0.29) is 6.61 Å². The van der Waals surface area contributed by atoms with Crippen LogP contribution < -0.4 is 9.64 Å². The molecule has 0 aliphatic carbocycles. The number of aliphatic hydroxyl groups is 2. The van der Waals surface area contributed by atoms with Gasteiger partial charge < -0.3 is 24.6 Å². The first-order valence-corrected chi connectivity index (χ1v) is 5.94. The number of methoxy groups -OCH3 is 1. The summed E-state index contributed by atoms with van der Waals surface area (Å²) in [6.07, 6.45) is -3.25. The minimum Gasteiger partial charge on any atom is -0.497 e. The Kier molecular flexibility index (Phi) is 4.04. The number of carbonyl (C=O) groups excluding carboxylic acids is 1. The first-order valence-electron chi connectivity index (χ1n) is 5.94. The summed E-state index contributed by atoms with van der Waals surface area (Å²) in [5, 5.41) is 19.1. The predicted molar refractivity (Wildman–Crippen MR) is 68.2 cm³/mol. The van der Waals surface area contributed by atoms with Gasteiger partial charge in [-0.3, -0.25) is 4.79 Å². The van der Waals surface area contributed by atoms with E-state index in [9.17, 15) is 15.0 Å². The normalized spacial score (nSPS) is 26.2. The number of anilines is 1. The third-order valence-corrected chi connectivity index (χ3v) is 3.17. The van der Waals surface area contributed by atoms with Crippen LogP contribution in [0.2, 0.25) is 0 Å². The third kappa shape index (κ3) is 2.70. The van der Waals surface area contributed by atoms with Gasteiger partial charge in [0.05, 0.1) is 13.7 Å². The molecule has 6 heteroatoms. The van der Waals surface area contributed by atoms with E-state index in [1.54, 1.807) is 38.4 Å². The van der Waals surface area contributed by atoms with Crippen molar-refractivity contribution in [3.8, 4) is 5.75 Å². The lowest BCUT2D eigenvalue weighted by Gasteiger charge is -2.23. The molecule has 1 amide bonds. The van der Waals surface area contributed by atoms with Gasteiger partial charge in [0.2, 0.25) is 0 Å². The van der Waals surface area contributed by atoms with E-state index >= 15 is 0 Å². The molecule has 1 aliphatic rings. The van der Waals surface area contributed by atoms with Gasteiger partial charge in [0.15, 0.2) is 6.10 Å². The van der Waals surface area contributed by atoms with Crippen molar-refractivity contribution in [2.75, 3.05) is 25.7 Å². The lowest BCUT2D eigenvalue weighted by molar-refractivity contribution is -0.130. The van der Waals surface area contributed by atoms with Crippen LogP contribution in [0.15, 0.2) is 24.3 Å². The fraction of sp³-hybridized carbons (Fsp3) is 0.462. The summed E-state index contributed by atoms with van der Waals surface area (Å²) < 4.78 is 10.2. The Morgan fingerprint density at radius 3 is 2.79 bits per heavy atom. The highest BCUT2D eigenvalue weighted by molar-refractivity contribution is 5.96. The van der Waals surface area contributed by atoms with E-state index in [0.717, 1.165) is 0 Å². The minimum atomic E-state index is -1.19. The van der Waals surface area contributed by atoms with Crippen molar-refractivity contribution in [3.05, 3.63) is 24.3 Å². The number of hydrogen-bond donors (Lipinski definition) is 2. The van der Waals surface area contributed by atoms with E-state index in [2.05, 4.69) is 0 Å². The summed E-state index contributed by atoms with van der Waals surface area (Å²) in [7, 11) is 3.12. The SMILES string of the molecule is COc1cccc(N(C)C(=O)C2OCC(O)C2O)c1. The first kappa shape index (κ1) is 13.8. The van der Waals surface area contributed by atoms with Crippen LogP contribution in [0.1, 0.15) is 0 Å². The molecule has 2 N–H and O–H groups in total. The van der Waals surface area contributed by atoms with E-state index in [4.69, 9.17) is 9.47 Å². The minimum absolute atomic E-state index is 0.0382. The number of carbonyl (C=O) groups is 1. The van der Waals surface area contributed by atoms with Crippen LogP contribution in [-0.2, 0) is 9.53 Å². The Hall–Kier alpha value is -1.63. The Labute approximate surface area is 111 Å². The summed E-state index contributed by atoms with van der Waals surface area (Å²) in [6.45, 7) is -0.0382. The van der Waals surface area contributed by atoms with Gasteiger partial charge in [-0.2, -0.15) is 0 Å². The van der Waals surface area contributed by atoms with Gasteiger partial charge in [0, 0.05) is 18.8 Å². The molecule has 3 unspecified atom stereocenters. The Balaban J connectivity index is 2.14. The Morgan fingerprint density at radius 1 is 1.47 bits per heavy atom. The van der Waals surface area contributed by atoms with Crippen molar-refractivity contribution in [1.82, 2.24) is 0 Å². The molecule has 1 aromatic carbocycles. The number of likely N-dealkylation sites (N-methyl/N-ethyl adjacent to an activating group) is 1. The molecule has 0 radical (unpaired) electrons. The fourth-order valence-corrected chi connectivity index (χ4v) is 1.96. The van der Waals surface area contributed by atoms with Gasteiger partial charge in [0.25, 0.3) is 5.91 Å². The smallest absolute Gasteiger partial charge is 0.258 e. The maximum absolute atomic E-state index is 12.2. The number of nitrogens with zero attached hydrogens (tertiary/aromatic N) is 1. The van der Waals surface area contributed by atoms with Crippen LogP contribution in [0.5, 0.6) is 5.75 Å². The molecule has 0 bridgehead atoms. The van der Waals surface area contributed by atoms with Gasteiger partial charge in [-0.25, -0.2) is 0 Å². The summed E-state index contributed by atoms with van der Waals surface area (Å²) in [6, 6.07) is 6.99. The maximum atomic E-state index is 12.2. The molecule has 0 aromatic heterocycles. The lowest BCUT2D eigenvalue weighted by atomic mass is 10.1. The molecule has 1 aliphatic heterocycles. The highest BCUT2D eigenvalue weighted by Gasteiger charge is 2.41. The van der Waals surface area contributed by atoms with Crippen LogP contribution in [-0.4, -0.2) is 55.2 Å². The van der Waals surface area contributed by atoms with Crippen LogP contribution in [0.3, 0.4) is 0 Å². The highest BCUT2D eigenvalue weighted by Crippen LogP contribution is 2.23. The number of aliphatic hydroxyl groups excluding tert-OH is 2. The molecular weight excluding hydrogens is 250 g/mol. The quantitative estimate of drug-likeness (QED) is 0.791. The van der Waals surface area contributed by atoms with Crippen LogP contribution in [0, 0.1) is 0 Å². The Bertz CT molecular complexity index is 464. The molecule has 6 nitrogen and oxygen atoms in total. The monoisotopic (exact) mass is 267 g/mol. The molecule has 2 rings (SSSR count). The van der Waals surface area contributed by atoms with Crippen molar-refractivity contribution in [2.24, 2.45) is 0 Å². The standard InChI is InChI=1S/C13H17NO5/c1-14(8-4-3-5-9(6-8)18-2)13(17)12-11(16)10(15)7-19-12/h3-6,10-12,15-16H,7H2,1-2H3. The largest absolute Gasteiger partial charge is 0.497 e. The molecule has 0 saturated carbocycles. The van der Waals surface area contributed by atoms with Gasteiger partial charge in [-0.1, -0.05) is 6.07 Å². The second-order valence-corrected chi connectivity index (χ2v) is 4.41. The number of amides is 1. The molecule has 1 saturated heterocycles. The van der Waals surface area contributed by atoms with E-state index in [1.165, 1.54) is 4.90 Å². The van der Waals surface area contributed by atoms with Gasteiger partial charge in [-0.15, -0.1) is 0 Å². The van der Waals surface area contributed by atoms with E-state index in [0.29, 0.717) is 11.4 Å². The van der Waals surface area contributed by atoms with Crippen LogP contribution >= 0.6 is 0 Å². The lowest BCUT2D eigenvalue weighted by Crippen LogP contribution is -2.43. The molecule has 104 valence electrons. The second-order valence-electron chi connectivity index (χ2n) is 4.41. The van der Waals surface area contributed by atoms with Crippen molar-refractivity contribution in [1.29, 1.82) is 0 Å². The van der Waals surface area contributed by atoms with Crippen molar-refractivity contribution >= 4 is 11.6 Å². The van der Waals surface area contributed by atoms with Crippen molar-refractivity contribution in [2.45, 2.75) is 18.3 Å². The number of rotatable bonds is 3. The first-order chi connectivity index (χ1) is 9.04. The summed E-state index contributed by atoms with van der Waals surface area (Å²) in [5.74, 6) is 0.224. The molecular formula is C13H17NO5. The highest BCUT2D eigenvalue weighted by atomic mass is 16.5. The zero-order valence-corrected chi connectivity index (χ0v) is 10.8. The van der Waals surface area contributed by atoms with Gasteiger partial charge in [0.1, 0.15) is 18.0 Å². The molecule has 1 heterocycles. The number of benzene rings is 1. The molecule has 1 fully saturated rings. The van der Waals surface area contributed by atoms with Gasteiger partial charge >= 0.3 is 0 Å². The average Bonchev–Trinajstić information content (AvgIpc) is 2.77. The zero-order chi connectivity index (χ0) is 14.0. The fourth-order valence-electron chi connectivity index (χ4n) is 1.96. The summed E-state index contributed by atoms with van der Waals surface area (Å²) in [4.78, 5) is 13.6. The molecule has 19 heavy (non-hydrogen) atoms. The number of ether oxygens (including phenoxy) is 2. The van der Waals surface area contributed by atoms with Gasteiger partial charge in [-0.05, 0) is 12.1 Å². The van der Waals surface area contributed by atoms with Crippen molar-refractivity contribution < 1.29 is 24.5 Å². The maximum Gasteiger partial charge on any atom is 0.258 e. The molecule has 1 aromatic rings. The van der Waals surface area contributed by atoms with E-state index < -0.39 is 24.2 Å². The average molecular weight is 267 g/mol. The Morgan fingerprint density at radius 2 is 2.21 bits per heavy atom. The molecule has 0 spiro atoms. The topological polar surface area (TPSA) is 79.2 Å². The van der Waals surface area contributed by atoms with Crippen molar-refractivity contribution in [3.63, 3.8) is 0 Å². The zero-order valence-electron chi connectivity index (χ0n) is 10.8. The molecule has 3 atom stereocenters. The second kappa shape index (κ2) is 5.56.